The van der Waals surface area contributed by atoms with Crippen molar-refractivity contribution in [3.05, 3.63) is 22.4 Å². The van der Waals surface area contributed by atoms with Crippen molar-refractivity contribution in [3.8, 4) is 0 Å². The molecule has 0 aromatic carbocycles. The number of thiophene rings is 1. The highest BCUT2D eigenvalue weighted by molar-refractivity contribution is 7.98. The second-order valence-corrected chi connectivity index (χ2v) is 5.57. The van der Waals surface area contributed by atoms with Crippen LogP contribution in [-0.2, 0) is 0 Å². The molecular formula is C12H19NOS2. The maximum atomic E-state index is 11.5. The molecule has 0 saturated carbocycles. The first-order chi connectivity index (χ1) is 7.84. The maximum absolute atomic E-state index is 11.5. The number of thioether (sulfide) groups is 1. The Morgan fingerprint density at radius 3 is 2.88 bits per heavy atom. The van der Waals surface area contributed by atoms with Gasteiger partial charge in [0.05, 0.1) is 4.88 Å². The standard InChI is InChI=1S/C12H19NOS2/c1-15-9-5-3-2-4-8-13-12(14)11-7-6-10-16-11/h6-7,10H,2-5,8-9H2,1H3,(H,13,14). The topological polar surface area (TPSA) is 29.1 Å². The van der Waals surface area contributed by atoms with Crippen LogP contribution < -0.4 is 5.32 Å². The first-order valence-electron chi connectivity index (χ1n) is 5.65. The Hall–Kier alpha value is -0.480. The van der Waals surface area contributed by atoms with Crippen molar-refractivity contribution in [2.75, 3.05) is 18.6 Å². The minimum Gasteiger partial charge on any atom is -0.351 e. The summed E-state index contributed by atoms with van der Waals surface area (Å²) in [5.74, 6) is 1.32. The Labute approximate surface area is 106 Å². The van der Waals surface area contributed by atoms with Crippen LogP contribution in [0.4, 0.5) is 0 Å². The molecule has 0 unspecified atom stereocenters. The summed E-state index contributed by atoms with van der Waals surface area (Å²) >= 11 is 3.39. The largest absolute Gasteiger partial charge is 0.351 e. The van der Waals surface area contributed by atoms with Crippen molar-refractivity contribution < 1.29 is 4.79 Å². The van der Waals surface area contributed by atoms with Gasteiger partial charge in [-0.3, -0.25) is 4.79 Å². The van der Waals surface area contributed by atoms with Crippen LogP contribution in [0.1, 0.15) is 35.4 Å². The number of hydrogen-bond donors (Lipinski definition) is 1. The van der Waals surface area contributed by atoms with Crippen molar-refractivity contribution in [2.24, 2.45) is 0 Å². The highest BCUT2D eigenvalue weighted by atomic mass is 32.2. The van der Waals surface area contributed by atoms with Crippen LogP contribution in [0.2, 0.25) is 0 Å². The zero-order valence-electron chi connectivity index (χ0n) is 9.70. The average molecular weight is 257 g/mol. The third kappa shape index (κ3) is 5.56. The van der Waals surface area contributed by atoms with Crippen LogP contribution in [0.3, 0.4) is 0 Å². The molecule has 1 heterocycles. The minimum atomic E-state index is 0.0686. The number of carbonyl (C=O) groups excluding carboxylic acids is 1. The van der Waals surface area contributed by atoms with Crippen molar-refractivity contribution in [1.29, 1.82) is 0 Å². The van der Waals surface area contributed by atoms with E-state index in [9.17, 15) is 4.79 Å². The van der Waals surface area contributed by atoms with Crippen molar-refractivity contribution >= 4 is 29.0 Å². The van der Waals surface area contributed by atoms with Gasteiger partial charge in [-0.15, -0.1) is 11.3 Å². The molecule has 1 aromatic heterocycles. The van der Waals surface area contributed by atoms with Crippen LogP contribution in [-0.4, -0.2) is 24.5 Å². The molecule has 0 fully saturated rings. The fourth-order valence-electron chi connectivity index (χ4n) is 1.42. The molecule has 4 heteroatoms. The molecular weight excluding hydrogens is 238 g/mol. The van der Waals surface area contributed by atoms with Gasteiger partial charge < -0.3 is 5.32 Å². The van der Waals surface area contributed by atoms with Crippen molar-refractivity contribution in [2.45, 2.75) is 25.7 Å². The number of nitrogens with one attached hydrogen (secondary N) is 1. The van der Waals surface area contributed by atoms with Gasteiger partial charge in [0.1, 0.15) is 0 Å². The normalized spacial score (nSPS) is 10.3. The second-order valence-electron chi connectivity index (χ2n) is 3.64. The van der Waals surface area contributed by atoms with Gasteiger partial charge >= 0.3 is 0 Å². The van der Waals surface area contributed by atoms with E-state index in [1.165, 1.54) is 36.4 Å². The molecule has 0 bridgehead atoms. The summed E-state index contributed by atoms with van der Waals surface area (Å²) in [5, 5.41) is 4.87. The fraction of sp³-hybridized carbons (Fsp3) is 0.583. The fourth-order valence-corrected chi connectivity index (χ4v) is 2.55. The van der Waals surface area contributed by atoms with Gasteiger partial charge in [0.15, 0.2) is 0 Å². The van der Waals surface area contributed by atoms with E-state index < -0.39 is 0 Å². The molecule has 1 N–H and O–H groups in total. The van der Waals surface area contributed by atoms with E-state index in [1.807, 2.05) is 29.3 Å². The molecule has 90 valence electrons. The Kier molecular flexibility index (Phi) is 7.34. The zero-order chi connectivity index (χ0) is 11.6. The number of unbranched alkanes of at least 4 members (excludes halogenated alkanes) is 3. The molecule has 2 nitrogen and oxygen atoms in total. The Bertz CT molecular complexity index is 285. The van der Waals surface area contributed by atoms with Crippen molar-refractivity contribution in [1.82, 2.24) is 5.32 Å². The summed E-state index contributed by atoms with van der Waals surface area (Å²) in [7, 11) is 0. The molecule has 16 heavy (non-hydrogen) atoms. The first-order valence-corrected chi connectivity index (χ1v) is 7.92. The van der Waals surface area contributed by atoms with E-state index in [0.717, 1.165) is 17.8 Å². The van der Waals surface area contributed by atoms with Gasteiger partial charge in [0.2, 0.25) is 0 Å². The van der Waals surface area contributed by atoms with Crippen LogP contribution in [0.25, 0.3) is 0 Å². The van der Waals surface area contributed by atoms with Crippen LogP contribution in [0.5, 0.6) is 0 Å². The van der Waals surface area contributed by atoms with Crippen LogP contribution in [0, 0.1) is 0 Å². The van der Waals surface area contributed by atoms with Crippen LogP contribution in [0.15, 0.2) is 17.5 Å². The summed E-state index contributed by atoms with van der Waals surface area (Å²) in [6.07, 6.45) is 7.01. The van der Waals surface area contributed by atoms with E-state index in [4.69, 9.17) is 0 Å². The van der Waals surface area contributed by atoms with E-state index in [1.54, 1.807) is 0 Å². The molecule has 0 saturated heterocycles. The van der Waals surface area contributed by atoms with Crippen molar-refractivity contribution in [3.63, 3.8) is 0 Å². The summed E-state index contributed by atoms with van der Waals surface area (Å²) in [4.78, 5) is 12.3. The monoisotopic (exact) mass is 257 g/mol. The number of carbonyl (C=O) groups is 1. The third-order valence-electron chi connectivity index (χ3n) is 2.31. The summed E-state index contributed by atoms with van der Waals surface area (Å²) in [5.41, 5.74) is 0. The first kappa shape index (κ1) is 13.6. The van der Waals surface area contributed by atoms with Gasteiger partial charge in [-0.25, -0.2) is 0 Å². The van der Waals surface area contributed by atoms with E-state index in [0.29, 0.717) is 0 Å². The molecule has 1 rings (SSSR count). The molecule has 0 spiro atoms. The van der Waals surface area contributed by atoms with Gasteiger partial charge in [-0.1, -0.05) is 18.9 Å². The number of hydrogen-bond acceptors (Lipinski definition) is 3. The lowest BCUT2D eigenvalue weighted by Gasteiger charge is -2.03. The predicted octanol–water partition coefficient (Wildman–Crippen LogP) is 3.40. The molecule has 1 aromatic rings. The van der Waals surface area contributed by atoms with E-state index in [-0.39, 0.29) is 5.91 Å². The maximum Gasteiger partial charge on any atom is 0.261 e. The Morgan fingerprint density at radius 2 is 2.19 bits per heavy atom. The van der Waals surface area contributed by atoms with Gasteiger partial charge in [-0.2, -0.15) is 11.8 Å². The molecule has 0 aliphatic heterocycles. The van der Waals surface area contributed by atoms with E-state index >= 15 is 0 Å². The number of rotatable bonds is 8. The third-order valence-corrected chi connectivity index (χ3v) is 3.87. The molecule has 0 aliphatic carbocycles. The highest BCUT2D eigenvalue weighted by Crippen LogP contribution is 2.08. The summed E-state index contributed by atoms with van der Waals surface area (Å²) in [6.45, 7) is 0.802. The molecule has 0 radical (unpaired) electrons. The smallest absolute Gasteiger partial charge is 0.261 e. The average Bonchev–Trinajstić information content (AvgIpc) is 2.81. The van der Waals surface area contributed by atoms with Gasteiger partial charge in [-0.05, 0) is 36.3 Å². The summed E-state index contributed by atoms with van der Waals surface area (Å²) < 4.78 is 0. The molecule has 0 aliphatic rings. The number of amides is 1. The zero-order valence-corrected chi connectivity index (χ0v) is 11.3. The lowest BCUT2D eigenvalue weighted by molar-refractivity contribution is 0.0957. The van der Waals surface area contributed by atoms with Crippen LogP contribution >= 0.6 is 23.1 Å². The summed E-state index contributed by atoms with van der Waals surface area (Å²) in [6, 6.07) is 3.76. The molecule has 0 atom stereocenters. The minimum absolute atomic E-state index is 0.0686. The SMILES string of the molecule is CSCCCCCCNC(=O)c1cccs1. The van der Waals surface area contributed by atoms with Gasteiger partial charge in [0, 0.05) is 6.54 Å². The Balaban J connectivity index is 1.97. The lowest BCUT2D eigenvalue weighted by atomic mass is 10.2. The Morgan fingerprint density at radius 1 is 1.38 bits per heavy atom. The van der Waals surface area contributed by atoms with E-state index in [2.05, 4.69) is 11.6 Å². The predicted molar refractivity (Wildman–Crippen MR) is 73.5 cm³/mol. The second kappa shape index (κ2) is 8.65. The quantitative estimate of drug-likeness (QED) is 0.723. The van der Waals surface area contributed by atoms with Gasteiger partial charge in [0.25, 0.3) is 5.91 Å². The lowest BCUT2D eigenvalue weighted by Crippen LogP contribution is -2.23. The highest BCUT2D eigenvalue weighted by Gasteiger charge is 2.04. The molecule has 1 amide bonds.